The lowest BCUT2D eigenvalue weighted by Crippen LogP contribution is -2.30. The minimum atomic E-state index is 0.0576. The van der Waals surface area contributed by atoms with Crippen molar-refractivity contribution in [1.29, 1.82) is 0 Å². The molecule has 0 amide bonds. The Kier molecular flexibility index (Phi) is 3.72. The molecule has 1 aromatic carbocycles. The van der Waals surface area contributed by atoms with Crippen LogP contribution < -0.4 is 15.4 Å². The van der Waals surface area contributed by atoms with Gasteiger partial charge in [0.2, 0.25) is 0 Å². The van der Waals surface area contributed by atoms with Crippen molar-refractivity contribution in [2.24, 2.45) is 10.7 Å². The average molecular weight is 363 g/mol. The average Bonchev–Trinajstić information content (AvgIpc) is 3.34. The third kappa shape index (κ3) is 2.88. The molecular weight excluding hydrogens is 338 g/mol. The van der Waals surface area contributed by atoms with E-state index in [4.69, 9.17) is 10.5 Å². The topological polar surface area (TPSA) is 76.6 Å². The van der Waals surface area contributed by atoms with Crippen LogP contribution in [0.5, 0.6) is 5.75 Å². The van der Waals surface area contributed by atoms with Gasteiger partial charge in [0, 0.05) is 30.3 Å². The second-order valence-corrected chi connectivity index (χ2v) is 8.04. The highest BCUT2D eigenvalue weighted by Gasteiger charge is 2.43. The monoisotopic (exact) mass is 363 g/mol. The molecule has 5 rings (SSSR count). The van der Waals surface area contributed by atoms with Crippen LogP contribution >= 0.6 is 0 Å². The fourth-order valence-electron chi connectivity index (χ4n) is 4.13. The maximum atomic E-state index is 6.24. The number of aromatic nitrogens is 2. The molecule has 2 N–H and O–H groups in total. The van der Waals surface area contributed by atoms with E-state index in [1.165, 1.54) is 0 Å². The largest absolute Gasteiger partial charge is 0.487 e. The third-order valence-electron chi connectivity index (χ3n) is 6.04. The van der Waals surface area contributed by atoms with Crippen molar-refractivity contribution in [3.8, 4) is 5.75 Å². The normalized spacial score (nSPS) is 24.9. The van der Waals surface area contributed by atoms with Crippen molar-refractivity contribution in [2.45, 2.75) is 57.2 Å². The second-order valence-electron chi connectivity index (χ2n) is 8.04. The summed E-state index contributed by atoms with van der Waals surface area (Å²) in [5.74, 6) is 1.85. The van der Waals surface area contributed by atoms with Gasteiger partial charge >= 0.3 is 0 Å². The fourth-order valence-corrected chi connectivity index (χ4v) is 4.13. The first-order valence-corrected chi connectivity index (χ1v) is 9.84. The summed E-state index contributed by atoms with van der Waals surface area (Å²) in [6.45, 7) is 5.21. The Morgan fingerprint density at radius 2 is 2.11 bits per heavy atom. The van der Waals surface area contributed by atoms with Gasteiger partial charge in [-0.3, -0.25) is 0 Å². The van der Waals surface area contributed by atoms with E-state index >= 15 is 0 Å². The molecule has 2 aromatic rings. The van der Waals surface area contributed by atoms with Gasteiger partial charge in [-0.05, 0) is 50.8 Å². The van der Waals surface area contributed by atoms with Gasteiger partial charge in [0.1, 0.15) is 23.5 Å². The Morgan fingerprint density at radius 3 is 2.81 bits per heavy atom. The molecule has 1 saturated heterocycles. The number of fused-ring (bicyclic) bond motifs is 1. The Labute approximate surface area is 159 Å². The predicted molar refractivity (Wildman–Crippen MR) is 106 cm³/mol. The lowest BCUT2D eigenvalue weighted by molar-refractivity contribution is 0.174. The van der Waals surface area contributed by atoms with Crippen molar-refractivity contribution >= 4 is 17.2 Å². The molecule has 2 atom stereocenters. The number of hydrogen-bond acceptors (Lipinski definition) is 6. The van der Waals surface area contributed by atoms with E-state index in [1.54, 1.807) is 6.33 Å². The highest BCUT2D eigenvalue weighted by molar-refractivity contribution is 6.21. The first kappa shape index (κ1) is 16.7. The van der Waals surface area contributed by atoms with Crippen molar-refractivity contribution in [2.75, 3.05) is 11.4 Å². The number of hydrogen-bond donors (Lipinski definition) is 1. The summed E-state index contributed by atoms with van der Waals surface area (Å²) < 4.78 is 6.24. The van der Waals surface area contributed by atoms with Gasteiger partial charge in [-0.25, -0.2) is 15.0 Å². The van der Waals surface area contributed by atoms with Crippen LogP contribution in [0.1, 0.15) is 50.8 Å². The minimum absolute atomic E-state index is 0.0576. The molecule has 0 spiro atoms. The Balaban J connectivity index is 1.40. The summed E-state index contributed by atoms with van der Waals surface area (Å²) in [6, 6.07) is 8.77. The molecule has 2 aliphatic heterocycles. The smallest absolute Gasteiger partial charge is 0.132 e. The zero-order valence-corrected chi connectivity index (χ0v) is 15.9. The quantitative estimate of drug-likeness (QED) is 0.753. The molecule has 3 aliphatic rings. The standard InChI is InChI=1S/C21H25N5O/c1-3-21(6-7-21)27-15-4-5-17-16(9-15)20(25-17)18-10-19(24-12-23-18)26-11-14(22)8-13(26)2/h4-5,9-10,12-14H,3,6-8,11,22H2,1-2H3. The molecule has 27 heavy (non-hydrogen) atoms. The molecule has 0 bridgehead atoms. The summed E-state index contributed by atoms with van der Waals surface area (Å²) in [6.07, 6.45) is 5.96. The van der Waals surface area contributed by atoms with E-state index in [9.17, 15) is 0 Å². The molecule has 1 saturated carbocycles. The summed E-state index contributed by atoms with van der Waals surface area (Å²) in [5.41, 5.74) is 10.0. The fraction of sp³-hybridized carbons (Fsp3) is 0.476. The third-order valence-corrected chi connectivity index (χ3v) is 6.04. The molecule has 0 radical (unpaired) electrons. The maximum absolute atomic E-state index is 6.24. The van der Waals surface area contributed by atoms with Crippen LogP contribution in [0, 0.1) is 0 Å². The summed E-state index contributed by atoms with van der Waals surface area (Å²) in [5, 5.41) is 0. The van der Waals surface area contributed by atoms with Gasteiger partial charge in [-0.15, -0.1) is 0 Å². The minimum Gasteiger partial charge on any atom is -0.487 e. The molecule has 1 aliphatic carbocycles. The Hall–Kier alpha value is -2.47. The number of anilines is 1. The number of benzene rings is 1. The lowest BCUT2D eigenvalue weighted by Gasteiger charge is -2.24. The van der Waals surface area contributed by atoms with Crippen molar-refractivity contribution in [1.82, 2.24) is 9.97 Å². The van der Waals surface area contributed by atoms with Crippen LogP contribution in [0.2, 0.25) is 0 Å². The van der Waals surface area contributed by atoms with Crippen LogP contribution in [0.25, 0.3) is 0 Å². The van der Waals surface area contributed by atoms with Crippen LogP contribution in [-0.4, -0.2) is 39.9 Å². The van der Waals surface area contributed by atoms with Crippen LogP contribution in [-0.2, 0) is 0 Å². The zero-order chi connectivity index (χ0) is 18.6. The van der Waals surface area contributed by atoms with Crippen molar-refractivity contribution in [3.63, 3.8) is 0 Å². The summed E-state index contributed by atoms with van der Waals surface area (Å²) in [4.78, 5) is 15.9. The van der Waals surface area contributed by atoms with Gasteiger partial charge in [-0.1, -0.05) is 6.92 Å². The summed E-state index contributed by atoms with van der Waals surface area (Å²) in [7, 11) is 0. The second kappa shape index (κ2) is 6.02. The van der Waals surface area contributed by atoms with E-state index in [0.29, 0.717) is 6.04 Å². The first-order chi connectivity index (χ1) is 13.1. The van der Waals surface area contributed by atoms with Gasteiger partial charge in [0.05, 0.1) is 17.1 Å². The molecule has 3 heterocycles. The molecule has 1 aromatic heterocycles. The summed E-state index contributed by atoms with van der Waals surface area (Å²) >= 11 is 0. The molecule has 140 valence electrons. The zero-order valence-electron chi connectivity index (χ0n) is 15.9. The predicted octanol–water partition coefficient (Wildman–Crippen LogP) is 3.21. The number of nitrogens with zero attached hydrogens (tertiary/aromatic N) is 4. The van der Waals surface area contributed by atoms with E-state index in [1.807, 2.05) is 18.2 Å². The van der Waals surface area contributed by atoms with Gasteiger partial charge in [-0.2, -0.15) is 0 Å². The molecule has 6 heteroatoms. The lowest BCUT2D eigenvalue weighted by atomic mass is 9.98. The molecular formula is C21H25N5O. The first-order valence-electron chi connectivity index (χ1n) is 9.84. The van der Waals surface area contributed by atoms with Gasteiger partial charge < -0.3 is 15.4 Å². The Morgan fingerprint density at radius 1 is 1.26 bits per heavy atom. The number of nitrogens with two attached hydrogens (primary N) is 1. The maximum Gasteiger partial charge on any atom is 0.132 e. The molecule has 2 unspecified atom stereocenters. The van der Waals surface area contributed by atoms with Gasteiger partial charge in [0.25, 0.3) is 0 Å². The number of aliphatic imine (C=N–C) groups is 1. The van der Waals surface area contributed by atoms with Crippen molar-refractivity contribution < 1.29 is 4.74 Å². The van der Waals surface area contributed by atoms with Crippen molar-refractivity contribution in [3.05, 3.63) is 41.9 Å². The number of rotatable bonds is 5. The molecule has 2 fully saturated rings. The number of ether oxygens (including phenoxy) is 1. The van der Waals surface area contributed by atoms with Crippen LogP contribution in [0.3, 0.4) is 0 Å². The van der Waals surface area contributed by atoms with E-state index in [-0.39, 0.29) is 11.6 Å². The van der Waals surface area contributed by atoms with Gasteiger partial charge in [0.15, 0.2) is 0 Å². The van der Waals surface area contributed by atoms with E-state index in [0.717, 1.165) is 66.5 Å². The highest BCUT2D eigenvalue weighted by atomic mass is 16.5. The highest BCUT2D eigenvalue weighted by Crippen LogP contribution is 2.44. The van der Waals surface area contributed by atoms with Crippen LogP contribution in [0.15, 0.2) is 35.6 Å². The van der Waals surface area contributed by atoms with E-state index < -0.39 is 0 Å². The SMILES string of the molecule is CCC1(Oc2ccc3c(c2)C(c2cc(N4CC(N)CC4C)ncn2)=N3)CC1. The molecule has 6 nitrogen and oxygen atoms in total. The van der Waals surface area contributed by atoms with Crippen LogP contribution in [0.4, 0.5) is 11.5 Å². The Bertz CT molecular complexity index is 921. The van der Waals surface area contributed by atoms with E-state index in [2.05, 4.69) is 39.8 Å².